The fourth-order valence-electron chi connectivity index (χ4n) is 1.29. The highest BCUT2D eigenvalue weighted by Crippen LogP contribution is 2.20. The van der Waals surface area contributed by atoms with Crippen LogP contribution >= 0.6 is 0 Å². The maximum Gasteiger partial charge on any atom is 0.335 e. The molecule has 0 N–H and O–H groups in total. The Labute approximate surface area is 83.8 Å². The highest BCUT2D eigenvalue weighted by atomic mass is 16.7. The normalized spacial score (nSPS) is 26.1. The van der Waals surface area contributed by atoms with Gasteiger partial charge in [-0.25, -0.2) is 4.79 Å². The summed E-state index contributed by atoms with van der Waals surface area (Å²) in [6.45, 7) is 6.06. The van der Waals surface area contributed by atoms with Gasteiger partial charge in [-0.2, -0.15) is 0 Å². The zero-order valence-corrected chi connectivity index (χ0v) is 8.62. The van der Waals surface area contributed by atoms with Crippen molar-refractivity contribution in [2.24, 2.45) is 0 Å². The van der Waals surface area contributed by atoms with Crippen LogP contribution in [-0.2, 0) is 19.0 Å². The van der Waals surface area contributed by atoms with Crippen LogP contribution in [0, 0.1) is 0 Å². The molecule has 1 rings (SSSR count). The van der Waals surface area contributed by atoms with Crippen LogP contribution in [0.1, 0.15) is 19.8 Å². The van der Waals surface area contributed by atoms with Gasteiger partial charge < -0.3 is 14.2 Å². The molecule has 0 spiro atoms. The smallest absolute Gasteiger partial charge is 0.335 e. The largest absolute Gasteiger partial charge is 0.466 e. The molecule has 0 aromatic heterocycles. The molecule has 1 fully saturated rings. The fraction of sp³-hybridized carbons (Fsp3) is 0.700. The summed E-state index contributed by atoms with van der Waals surface area (Å²) in [6, 6.07) is 0. The minimum atomic E-state index is -0.434. The van der Waals surface area contributed by atoms with Gasteiger partial charge in [0.05, 0.1) is 19.3 Å². The quantitative estimate of drug-likeness (QED) is 0.506. The lowest BCUT2D eigenvalue weighted by Crippen LogP contribution is -2.21. The predicted molar refractivity (Wildman–Crippen MR) is 50.7 cm³/mol. The van der Waals surface area contributed by atoms with Crippen LogP contribution in [0.3, 0.4) is 0 Å². The van der Waals surface area contributed by atoms with Gasteiger partial charge in [0, 0.05) is 0 Å². The lowest BCUT2D eigenvalue weighted by atomic mass is 10.2. The van der Waals surface area contributed by atoms with Gasteiger partial charge in [0.1, 0.15) is 6.10 Å². The Balaban J connectivity index is 2.41. The van der Waals surface area contributed by atoms with Crippen molar-refractivity contribution < 1.29 is 19.0 Å². The Morgan fingerprint density at radius 2 is 2.36 bits per heavy atom. The molecule has 1 heterocycles. The molecule has 0 aromatic carbocycles. The van der Waals surface area contributed by atoms with Crippen molar-refractivity contribution >= 4 is 5.97 Å². The molecule has 0 aromatic rings. The Bertz CT molecular complexity index is 224. The molecule has 14 heavy (non-hydrogen) atoms. The van der Waals surface area contributed by atoms with Crippen LogP contribution in [-0.4, -0.2) is 32.1 Å². The molecule has 4 heteroatoms. The minimum absolute atomic E-state index is 0.202. The van der Waals surface area contributed by atoms with Gasteiger partial charge in [0.15, 0.2) is 6.29 Å². The molecule has 1 aliphatic rings. The number of esters is 1. The lowest BCUT2D eigenvalue weighted by molar-refractivity contribution is -0.137. The monoisotopic (exact) mass is 200 g/mol. The van der Waals surface area contributed by atoms with Crippen molar-refractivity contribution in [1.82, 2.24) is 0 Å². The van der Waals surface area contributed by atoms with E-state index in [9.17, 15) is 4.79 Å². The molecule has 0 radical (unpaired) electrons. The second kappa shape index (κ2) is 5.12. The highest BCUT2D eigenvalue weighted by Gasteiger charge is 2.30. The molecule has 0 aliphatic carbocycles. The van der Waals surface area contributed by atoms with Gasteiger partial charge in [0.25, 0.3) is 0 Å². The molecule has 2 atom stereocenters. The first kappa shape index (κ1) is 11.2. The van der Waals surface area contributed by atoms with Gasteiger partial charge in [-0.1, -0.05) is 19.9 Å². The first-order chi connectivity index (χ1) is 6.69. The molecule has 4 nitrogen and oxygen atoms in total. The topological polar surface area (TPSA) is 44.8 Å². The number of hydrogen-bond acceptors (Lipinski definition) is 4. The maximum absolute atomic E-state index is 11.1. The zero-order chi connectivity index (χ0) is 10.6. The van der Waals surface area contributed by atoms with Crippen molar-refractivity contribution in [3.05, 3.63) is 12.2 Å². The van der Waals surface area contributed by atoms with Crippen LogP contribution < -0.4 is 0 Å². The molecule has 1 aliphatic heterocycles. The van der Waals surface area contributed by atoms with E-state index < -0.39 is 5.97 Å². The number of hydrogen-bond donors (Lipinski definition) is 0. The van der Waals surface area contributed by atoms with Crippen molar-refractivity contribution in [1.29, 1.82) is 0 Å². The van der Waals surface area contributed by atoms with Gasteiger partial charge >= 0.3 is 5.97 Å². The number of ether oxygens (including phenoxy) is 3. The maximum atomic E-state index is 11.1. The molecule has 1 saturated heterocycles. The van der Waals surface area contributed by atoms with Crippen LogP contribution in [0.25, 0.3) is 0 Å². The van der Waals surface area contributed by atoms with Crippen LogP contribution in [0.4, 0.5) is 0 Å². The van der Waals surface area contributed by atoms with Crippen LogP contribution in [0.5, 0.6) is 0 Å². The Morgan fingerprint density at radius 1 is 1.64 bits per heavy atom. The SMILES string of the molecule is C=C(C(=O)OC)C1COC(CCC)O1. The molecule has 2 unspecified atom stereocenters. The van der Waals surface area contributed by atoms with E-state index in [1.54, 1.807) is 0 Å². The molecular weight excluding hydrogens is 184 g/mol. The highest BCUT2D eigenvalue weighted by molar-refractivity contribution is 5.88. The summed E-state index contributed by atoms with van der Waals surface area (Å²) < 4.78 is 15.3. The molecule has 80 valence electrons. The average Bonchev–Trinajstić information content (AvgIpc) is 2.64. The summed E-state index contributed by atoms with van der Waals surface area (Å²) >= 11 is 0. The first-order valence-corrected chi connectivity index (χ1v) is 4.73. The molecule has 0 saturated carbocycles. The second-order valence-corrected chi connectivity index (χ2v) is 3.19. The summed E-state index contributed by atoms with van der Waals surface area (Å²) in [4.78, 5) is 11.1. The summed E-state index contributed by atoms with van der Waals surface area (Å²) in [5, 5.41) is 0. The van der Waals surface area contributed by atoms with E-state index in [1.165, 1.54) is 7.11 Å². The third-order valence-corrected chi connectivity index (χ3v) is 2.11. The molecular formula is C10H16O4. The van der Waals surface area contributed by atoms with Crippen molar-refractivity contribution in [2.45, 2.75) is 32.2 Å². The lowest BCUT2D eigenvalue weighted by Gasteiger charge is -2.11. The second-order valence-electron chi connectivity index (χ2n) is 3.19. The number of carbonyl (C=O) groups is 1. The summed E-state index contributed by atoms with van der Waals surface area (Å²) in [7, 11) is 1.33. The number of methoxy groups -OCH3 is 1. The summed E-state index contributed by atoms with van der Waals surface area (Å²) in [5.74, 6) is -0.434. The standard InChI is InChI=1S/C10H16O4/c1-4-5-9-13-6-8(14-9)7(2)10(11)12-3/h8-9H,2,4-6H2,1,3H3. The molecule has 0 bridgehead atoms. The first-order valence-electron chi connectivity index (χ1n) is 4.73. The minimum Gasteiger partial charge on any atom is -0.466 e. The average molecular weight is 200 g/mol. The van der Waals surface area contributed by atoms with E-state index in [-0.39, 0.29) is 12.4 Å². The third kappa shape index (κ3) is 2.56. The zero-order valence-electron chi connectivity index (χ0n) is 8.62. The van der Waals surface area contributed by atoms with Gasteiger partial charge in [-0.15, -0.1) is 0 Å². The Kier molecular flexibility index (Phi) is 4.10. The van der Waals surface area contributed by atoms with E-state index in [2.05, 4.69) is 18.2 Å². The van der Waals surface area contributed by atoms with E-state index in [4.69, 9.17) is 9.47 Å². The Hall–Kier alpha value is -0.870. The predicted octanol–water partition coefficient (Wildman–Crippen LogP) is 1.26. The van der Waals surface area contributed by atoms with E-state index in [1.807, 2.05) is 0 Å². The van der Waals surface area contributed by atoms with E-state index in [0.29, 0.717) is 12.2 Å². The van der Waals surface area contributed by atoms with Crippen molar-refractivity contribution in [3.63, 3.8) is 0 Å². The summed E-state index contributed by atoms with van der Waals surface area (Å²) in [5.41, 5.74) is 0.325. The van der Waals surface area contributed by atoms with Crippen LogP contribution in [0.15, 0.2) is 12.2 Å². The Morgan fingerprint density at radius 3 is 2.93 bits per heavy atom. The van der Waals surface area contributed by atoms with Crippen LogP contribution in [0.2, 0.25) is 0 Å². The van der Waals surface area contributed by atoms with Gasteiger partial charge in [-0.3, -0.25) is 0 Å². The fourth-order valence-corrected chi connectivity index (χ4v) is 1.29. The number of carbonyl (C=O) groups excluding carboxylic acids is 1. The van der Waals surface area contributed by atoms with Crippen molar-refractivity contribution in [2.75, 3.05) is 13.7 Å². The van der Waals surface area contributed by atoms with E-state index >= 15 is 0 Å². The van der Waals surface area contributed by atoms with Crippen molar-refractivity contribution in [3.8, 4) is 0 Å². The van der Waals surface area contributed by atoms with E-state index in [0.717, 1.165) is 12.8 Å². The van der Waals surface area contributed by atoms with Gasteiger partial charge in [-0.05, 0) is 6.42 Å². The third-order valence-electron chi connectivity index (χ3n) is 2.11. The number of rotatable bonds is 4. The van der Waals surface area contributed by atoms with Gasteiger partial charge in [0.2, 0.25) is 0 Å². The molecule has 0 amide bonds. The summed E-state index contributed by atoms with van der Waals surface area (Å²) in [6.07, 6.45) is 1.28.